The van der Waals surface area contributed by atoms with Gasteiger partial charge in [-0.15, -0.1) is 0 Å². The van der Waals surface area contributed by atoms with Gasteiger partial charge >= 0.3 is 5.97 Å². The molecule has 1 aromatic carbocycles. The fourth-order valence-electron chi connectivity index (χ4n) is 3.14. The monoisotopic (exact) mass is 295 g/mol. The fraction of sp³-hybridized carbons (Fsp3) is 0.562. The zero-order valence-electron chi connectivity index (χ0n) is 11.6. The molecule has 0 saturated heterocycles. The van der Waals surface area contributed by atoms with E-state index in [-0.39, 0.29) is 0 Å². The lowest BCUT2D eigenvalue weighted by molar-refractivity contribution is -0.139. The molecule has 1 fully saturated rings. The van der Waals surface area contributed by atoms with Crippen LogP contribution < -0.4 is 5.73 Å². The molecular weight excluding hydrogens is 274 g/mol. The predicted octanol–water partition coefficient (Wildman–Crippen LogP) is 4.45. The van der Waals surface area contributed by atoms with Gasteiger partial charge in [-0.2, -0.15) is 0 Å². The summed E-state index contributed by atoms with van der Waals surface area (Å²) in [6.07, 6.45) is 7.95. The maximum Gasteiger partial charge on any atom is 0.311 e. The van der Waals surface area contributed by atoms with E-state index in [9.17, 15) is 9.90 Å². The number of aliphatic carboxylic acids is 1. The number of halogens is 1. The number of carboxylic acids is 1. The molecular formula is C16H22ClNO2. The Morgan fingerprint density at radius 1 is 1.35 bits per heavy atom. The lowest BCUT2D eigenvalue weighted by Crippen LogP contribution is -2.16. The number of rotatable bonds is 5. The Kier molecular flexibility index (Phi) is 5.30. The van der Waals surface area contributed by atoms with Crippen molar-refractivity contribution in [1.29, 1.82) is 0 Å². The number of carboxylic acid groups (broad SMARTS) is 1. The number of nitrogens with two attached hydrogens (primary N) is 1. The molecule has 1 saturated carbocycles. The molecule has 1 atom stereocenters. The molecule has 0 aliphatic heterocycles. The van der Waals surface area contributed by atoms with Gasteiger partial charge in [-0.1, -0.05) is 43.7 Å². The standard InChI is InChI=1S/C16H22ClNO2/c17-12-7-9-15(18)14(10-12)13(16(19)20)8-6-11-4-2-1-3-5-11/h7,9-11,13H,1-6,8,18H2,(H,19,20). The molecule has 0 spiro atoms. The molecule has 3 N–H and O–H groups in total. The van der Waals surface area contributed by atoms with Gasteiger partial charge < -0.3 is 10.8 Å². The zero-order valence-corrected chi connectivity index (χ0v) is 12.4. The summed E-state index contributed by atoms with van der Waals surface area (Å²) in [6, 6.07) is 5.07. The minimum Gasteiger partial charge on any atom is -0.481 e. The molecule has 20 heavy (non-hydrogen) atoms. The smallest absolute Gasteiger partial charge is 0.311 e. The van der Waals surface area contributed by atoms with E-state index in [1.54, 1.807) is 18.2 Å². The third-order valence-corrected chi connectivity index (χ3v) is 4.55. The van der Waals surface area contributed by atoms with Gasteiger partial charge in [0.25, 0.3) is 0 Å². The van der Waals surface area contributed by atoms with E-state index in [2.05, 4.69) is 0 Å². The SMILES string of the molecule is Nc1ccc(Cl)cc1C(CCC1CCCCC1)C(=O)O. The molecule has 1 aliphatic carbocycles. The first kappa shape index (κ1) is 15.2. The Hall–Kier alpha value is -1.22. The molecule has 1 aliphatic rings. The van der Waals surface area contributed by atoms with Crippen molar-refractivity contribution >= 4 is 23.3 Å². The first-order valence-corrected chi connectivity index (χ1v) is 7.73. The lowest BCUT2D eigenvalue weighted by Gasteiger charge is -2.23. The number of hydrogen-bond acceptors (Lipinski definition) is 2. The van der Waals surface area contributed by atoms with Crippen LogP contribution in [-0.4, -0.2) is 11.1 Å². The molecule has 0 heterocycles. The van der Waals surface area contributed by atoms with Crippen LogP contribution in [0.3, 0.4) is 0 Å². The summed E-state index contributed by atoms with van der Waals surface area (Å²) >= 11 is 5.97. The van der Waals surface area contributed by atoms with Crippen LogP contribution in [-0.2, 0) is 4.79 Å². The molecule has 0 radical (unpaired) electrons. The van der Waals surface area contributed by atoms with Gasteiger partial charge in [0.2, 0.25) is 0 Å². The minimum absolute atomic E-state index is 0.519. The summed E-state index contributed by atoms with van der Waals surface area (Å²) in [6.45, 7) is 0. The number of hydrogen-bond donors (Lipinski definition) is 2. The topological polar surface area (TPSA) is 63.3 Å². The van der Waals surface area contributed by atoms with Crippen molar-refractivity contribution in [2.75, 3.05) is 5.73 Å². The Bertz CT molecular complexity index is 470. The van der Waals surface area contributed by atoms with Crippen molar-refractivity contribution < 1.29 is 9.90 Å². The summed E-state index contributed by atoms with van der Waals surface area (Å²) in [5.74, 6) is -0.684. The van der Waals surface area contributed by atoms with Gasteiger partial charge in [-0.25, -0.2) is 0 Å². The van der Waals surface area contributed by atoms with Crippen molar-refractivity contribution in [2.45, 2.75) is 50.9 Å². The summed E-state index contributed by atoms with van der Waals surface area (Å²) in [7, 11) is 0. The molecule has 0 amide bonds. The molecule has 1 aromatic rings. The Morgan fingerprint density at radius 2 is 2.05 bits per heavy atom. The van der Waals surface area contributed by atoms with Crippen LogP contribution in [0.1, 0.15) is 56.4 Å². The Labute approximate surface area is 125 Å². The molecule has 0 bridgehead atoms. The van der Waals surface area contributed by atoms with Crippen LogP contribution in [0, 0.1) is 5.92 Å². The van der Waals surface area contributed by atoms with Crippen molar-refractivity contribution in [3.63, 3.8) is 0 Å². The van der Waals surface area contributed by atoms with E-state index in [0.717, 1.165) is 6.42 Å². The van der Waals surface area contributed by atoms with Crippen LogP contribution in [0.4, 0.5) is 5.69 Å². The lowest BCUT2D eigenvalue weighted by atomic mass is 9.82. The van der Waals surface area contributed by atoms with Gasteiger partial charge in [0.05, 0.1) is 5.92 Å². The number of carbonyl (C=O) groups is 1. The number of nitrogen functional groups attached to an aromatic ring is 1. The summed E-state index contributed by atoms with van der Waals surface area (Å²) in [4.78, 5) is 11.5. The first-order chi connectivity index (χ1) is 9.58. The first-order valence-electron chi connectivity index (χ1n) is 7.35. The van der Waals surface area contributed by atoms with Gasteiger partial charge in [0.15, 0.2) is 0 Å². The van der Waals surface area contributed by atoms with Gasteiger partial charge in [-0.05, 0) is 42.5 Å². The van der Waals surface area contributed by atoms with Gasteiger partial charge in [-0.3, -0.25) is 4.79 Å². The van der Waals surface area contributed by atoms with Gasteiger partial charge in [0, 0.05) is 10.7 Å². The molecule has 1 unspecified atom stereocenters. The number of benzene rings is 1. The highest BCUT2D eigenvalue weighted by Crippen LogP contribution is 2.34. The van der Waals surface area contributed by atoms with Crippen LogP contribution >= 0.6 is 11.6 Å². The quantitative estimate of drug-likeness (QED) is 0.789. The van der Waals surface area contributed by atoms with Crippen molar-refractivity contribution in [2.24, 2.45) is 5.92 Å². The average Bonchev–Trinajstić information content (AvgIpc) is 2.43. The van der Waals surface area contributed by atoms with Crippen LogP contribution in [0.5, 0.6) is 0 Å². The highest BCUT2D eigenvalue weighted by atomic mass is 35.5. The highest BCUT2D eigenvalue weighted by Gasteiger charge is 2.24. The number of anilines is 1. The normalized spacial score (nSPS) is 17.9. The maximum atomic E-state index is 11.5. The zero-order chi connectivity index (χ0) is 14.5. The minimum atomic E-state index is -0.810. The molecule has 110 valence electrons. The van der Waals surface area contributed by atoms with Gasteiger partial charge in [0.1, 0.15) is 0 Å². The van der Waals surface area contributed by atoms with Crippen LogP contribution in [0.25, 0.3) is 0 Å². The van der Waals surface area contributed by atoms with E-state index in [0.29, 0.717) is 28.6 Å². The fourth-order valence-corrected chi connectivity index (χ4v) is 3.32. The average molecular weight is 296 g/mol. The highest BCUT2D eigenvalue weighted by molar-refractivity contribution is 6.30. The second kappa shape index (κ2) is 6.98. The third kappa shape index (κ3) is 3.89. The Balaban J connectivity index is 2.06. The van der Waals surface area contributed by atoms with Crippen molar-refractivity contribution in [3.05, 3.63) is 28.8 Å². The van der Waals surface area contributed by atoms with Crippen molar-refractivity contribution in [3.8, 4) is 0 Å². The van der Waals surface area contributed by atoms with Crippen LogP contribution in [0.15, 0.2) is 18.2 Å². The van der Waals surface area contributed by atoms with Crippen molar-refractivity contribution in [1.82, 2.24) is 0 Å². The third-order valence-electron chi connectivity index (χ3n) is 4.31. The largest absolute Gasteiger partial charge is 0.481 e. The second-order valence-corrected chi connectivity index (χ2v) is 6.18. The molecule has 0 aromatic heterocycles. The molecule has 4 heteroatoms. The van der Waals surface area contributed by atoms with E-state index in [1.807, 2.05) is 0 Å². The van der Waals surface area contributed by atoms with E-state index in [4.69, 9.17) is 17.3 Å². The van der Waals surface area contributed by atoms with E-state index >= 15 is 0 Å². The maximum absolute atomic E-state index is 11.5. The van der Waals surface area contributed by atoms with E-state index < -0.39 is 11.9 Å². The Morgan fingerprint density at radius 3 is 2.70 bits per heavy atom. The summed E-state index contributed by atoms with van der Waals surface area (Å²) in [5.41, 5.74) is 7.09. The summed E-state index contributed by atoms with van der Waals surface area (Å²) < 4.78 is 0. The molecule has 3 nitrogen and oxygen atoms in total. The summed E-state index contributed by atoms with van der Waals surface area (Å²) in [5, 5.41) is 10.0. The molecule has 2 rings (SSSR count). The van der Waals surface area contributed by atoms with Crippen LogP contribution in [0.2, 0.25) is 5.02 Å². The van der Waals surface area contributed by atoms with E-state index in [1.165, 1.54) is 32.1 Å². The second-order valence-electron chi connectivity index (χ2n) is 5.75. The predicted molar refractivity (Wildman–Crippen MR) is 82.1 cm³/mol.